The Morgan fingerprint density at radius 2 is 1.88 bits per heavy atom. The van der Waals surface area contributed by atoms with Crippen molar-refractivity contribution in [3.05, 3.63) is 35.9 Å². The number of hydrogen-bond donors (Lipinski definition) is 1. The zero-order valence-electron chi connectivity index (χ0n) is 14.7. The topological polar surface area (TPSA) is 64.6 Å². The molecule has 5 heteroatoms. The molecule has 1 N–H and O–H groups in total. The molecule has 0 aromatic heterocycles. The Balaban J connectivity index is 1.79. The number of esters is 1. The molecule has 1 aromatic rings. The number of amides is 1. The lowest BCUT2D eigenvalue weighted by atomic mass is 9.86. The average molecular weight is 333 g/mol. The van der Waals surface area contributed by atoms with Crippen LogP contribution in [0.3, 0.4) is 0 Å². The second-order valence-corrected chi connectivity index (χ2v) is 7.30. The van der Waals surface area contributed by atoms with E-state index in [1.165, 1.54) is 0 Å². The van der Waals surface area contributed by atoms with Crippen molar-refractivity contribution >= 4 is 12.1 Å². The van der Waals surface area contributed by atoms with Crippen molar-refractivity contribution in [3.8, 4) is 0 Å². The van der Waals surface area contributed by atoms with E-state index in [0.29, 0.717) is 13.0 Å². The molecule has 0 spiro atoms. The molecule has 0 heterocycles. The van der Waals surface area contributed by atoms with Gasteiger partial charge in [-0.3, -0.25) is 4.79 Å². The van der Waals surface area contributed by atoms with E-state index in [0.717, 1.165) is 24.8 Å². The van der Waals surface area contributed by atoms with Crippen LogP contribution in [0, 0.1) is 5.92 Å². The molecule has 2 atom stereocenters. The van der Waals surface area contributed by atoms with E-state index in [1.807, 2.05) is 51.1 Å². The van der Waals surface area contributed by atoms with E-state index < -0.39 is 11.7 Å². The van der Waals surface area contributed by atoms with Gasteiger partial charge in [0.15, 0.2) is 0 Å². The van der Waals surface area contributed by atoms with E-state index in [4.69, 9.17) is 9.47 Å². The van der Waals surface area contributed by atoms with Crippen LogP contribution >= 0.6 is 0 Å². The number of ether oxygens (including phenoxy) is 2. The van der Waals surface area contributed by atoms with Crippen molar-refractivity contribution in [3.63, 3.8) is 0 Å². The summed E-state index contributed by atoms with van der Waals surface area (Å²) in [7, 11) is 0. The van der Waals surface area contributed by atoms with Crippen LogP contribution in [-0.2, 0) is 20.9 Å². The van der Waals surface area contributed by atoms with Crippen LogP contribution in [0.4, 0.5) is 4.79 Å². The van der Waals surface area contributed by atoms with Gasteiger partial charge in [-0.05, 0) is 45.6 Å². The normalized spacial score (nSPS) is 21.0. The van der Waals surface area contributed by atoms with Gasteiger partial charge in [0.2, 0.25) is 0 Å². The summed E-state index contributed by atoms with van der Waals surface area (Å²) in [5.74, 6) is -0.350. The van der Waals surface area contributed by atoms with Crippen LogP contribution in [0.5, 0.6) is 0 Å². The zero-order valence-corrected chi connectivity index (χ0v) is 14.7. The lowest BCUT2D eigenvalue weighted by Gasteiger charge is -2.29. The average Bonchev–Trinajstić information content (AvgIpc) is 2.52. The molecule has 1 unspecified atom stereocenters. The Labute approximate surface area is 143 Å². The minimum absolute atomic E-state index is 0.0390. The third kappa shape index (κ3) is 6.22. The second-order valence-electron chi connectivity index (χ2n) is 7.30. The summed E-state index contributed by atoms with van der Waals surface area (Å²) in [5, 5.41) is 2.87. The predicted molar refractivity (Wildman–Crippen MR) is 91.4 cm³/mol. The molecule has 1 aliphatic carbocycles. The molecule has 0 saturated heterocycles. The Kier molecular flexibility index (Phi) is 6.23. The summed E-state index contributed by atoms with van der Waals surface area (Å²) in [5.41, 5.74) is 0.456. The van der Waals surface area contributed by atoms with E-state index >= 15 is 0 Å². The van der Waals surface area contributed by atoms with Gasteiger partial charge >= 0.3 is 12.1 Å². The fourth-order valence-corrected chi connectivity index (χ4v) is 2.86. The summed E-state index contributed by atoms with van der Waals surface area (Å²) in [6.45, 7) is 5.78. The minimum Gasteiger partial charge on any atom is -0.461 e. The number of hydrogen-bond acceptors (Lipinski definition) is 4. The Morgan fingerprint density at radius 3 is 2.54 bits per heavy atom. The van der Waals surface area contributed by atoms with Gasteiger partial charge in [0.25, 0.3) is 0 Å². The highest BCUT2D eigenvalue weighted by molar-refractivity contribution is 5.73. The Bertz CT molecular complexity index is 550. The van der Waals surface area contributed by atoms with Gasteiger partial charge < -0.3 is 14.8 Å². The summed E-state index contributed by atoms with van der Waals surface area (Å²) in [6, 6.07) is 9.60. The highest BCUT2D eigenvalue weighted by Gasteiger charge is 2.30. The number of carbonyl (C=O) groups is 2. The van der Waals surface area contributed by atoms with Gasteiger partial charge in [-0.15, -0.1) is 0 Å². The van der Waals surface area contributed by atoms with E-state index in [-0.39, 0.29) is 17.9 Å². The summed E-state index contributed by atoms with van der Waals surface area (Å²) in [4.78, 5) is 24.1. The van der Waals surface area contributed by atoms with Gasteiger partial charge in [0.1, 0.15) is 12.2 Å². The molecule has 1 fully saturated rings. The monoisotopic (exact) mass is 333 g/mol. The SMILES string of the molecule is CC(C)(C)OC(=O)N[C@@H]1CCCC(C(=O)OCc2ccccc2)C1. The van der Waals surface area contributed by atoms with Crippen molar-refractivity contribution < 1.29 is 19.1 Å². The number of benzene rings is 1. The maximum Gasteiger partial charge on any atom is 0.407 e. The highest BCUT2D eigenvalue weighted by atomic mass is 16.6. The van der Waals surface area contributed by atoms with Crippen LogP contribution in [0.15, 0.2) is 30.3 Å². The molecule has 24 heavy (non-hydrogen) atoms. The van der Waals surface area contributed by atoms with E-state index in [2.05, 4.69) is 5.32 Å². The number of nitrogens with one attached hydrogen (secondary N) is 1. The molecular weight excluding hydrogens is 306 g/mol. The van der Waals surface area contributed by atoms with Crippen molar-refractivity contribution in [2.75, 3.05) is 0 Å². The number of alkyl carbamates (subject to hydrolysis) is 1. The highest BCUT2D eigenvalue weighted by Crippen LogP contribution is 2.26. The van der Waals surface area contributed by atoms with Crippen molar-refractivity contribution in [2.45, 2.75) is 64.7 Å². The fourth-order valence-electron chi connectivity index (χ4n) is 2.86. The summed E-state index contributed by atoms with van der Waals surface area (Å²) in [6.07, 6.45) is 2.74. The van der Waals surface area contributed by atoms with Gasteiger partial charge in [0, 0.05) is 6.04 Å². The van der Waals surface area contributed by atoms with E-state index in [1.54, 1.807) is 0 Å². The fraction of sp³-hybridized carbons (Fsp3) is 0.579. The third-order valence-corrected chi connectivity index (χ3v) is 3.95. The maximum absolute atomic E-state index is 12.3. The van der Waals surface area contributed by atoms with Gasteiger partial charge in [-0.25, -0.2) is 4.79 Å². The Hall–Kier alpha value is -2.04. The molecule has 132 valence electrons. The third-order valence-electron chi connectivity index (χ3n) is 3.95. The largest absolute Gasteiger partial charge is 0.461 e. The van der Waals surface area contributed by atoms with Crippen LogP contribution in [0.25, 0.3) is 0 Å². The first kappa shape index (κ1) is 18.3. The lowest BCUT2D eigenvalue weighted by molar-refractivity contribution is -0.151. The van der Waals surface area contributed by atoms with Crippen LogP contribution in [0.1, 0.15) is 52.0 Å². The minimum atomic E-state index is -0.521. The molecule has 2 rings (SSSR count). The zero-order chi connectivity index (χ0) is 17.6. The van der Waals surface area contributed by atoms with Crippen LogP contribution in [-0.4, -0.2) is 23.7 Å². The molecule has 1 aromatic carbocycles. The quantitative estimate of drug-likeness (QED) is 0.851. The van der Waals surface area contributed by atoms with Crippen molar-refractivity contribution in [1.29, 1.82) is 0 Å². The second kappa shape index (κ2) is 8.18. The first-order valence-electron chi connectivity index (χ1n) is 8.53. The maximum atomic E-state index is 12.3. The number of carbonyl (C=O) groups excluding carboxylic acids is 2. The Morgan fingerprint density at radius 1 is 1.17 bits per heavy atom. The number of rotatable bonds is 4. The molecule has 1 aliphatic rings. The van der Waals surface area contributed by atoms with Gasteiger partial charge in [-0.1, -0.05) is 36.8 Å². The molecule has 1 amide bonds. The predicted octanol–water partition coefficient (Wildman–Crippen LogP) is 3.81. The molecule has 1 saturated carbocycles. The molecule has 0 radical (unpaired) electrons. The molecule has 5 nitrogen and oxygen atoms in total. The molecule has 0 bridgehead atoms. The summed E-state index contributed by atoms with van der Waals surface area (Å²) < 4.78 is 10.7. The van der Waals surface area contributed by atoms with Crippen LogP contribution in [0.2, 0.25) is 0 Å². The molecule has 0 aliphatic heterocycles. The first-order chi connectivity index (χ1) is 11.3. The first-order valence-corrected chi connectivity index (χ1v) is 8.53. The van der Waals surface area contributed by atoms with Gasteiger partial charge in [0.05, 0.1) is 5.92 Å². The smallest absolute Gasteiger partial charge is 0.407 e. The molecular formula is C19H27NO4. The van der Waals surface area contributed by atoms with Gasteiger partial charge in [-0.2, -0.15) is 0 Å². The lowest BCUT2D eigenvalue weighted by Crippen LogP contribution is -2.42. The standard InChI is InChI=1S/C19H27NO4/c1-19(2,3)24-18(22)20-16-11-7-10-15(12-16)17(21)23-13-14-8-5-4-6-9-14/h4-6,8-9,15-16H,7,10-13H2,1-3H3,(H,20,22)/t15?,16-/m1/s1. The van der Waals surface area contributed by atoms with Crippen molar-refractivity contribution in [2.24, 2.45) is 5.92 Å². The van der Waals surface area contributed by atoms with Crippen molar-refractivity contribution in [1.82, 2.24) is 5.32 Å². The van der Waals surface area contributed by atoms with Crippen LogP contribution < -0.4 is 5.32 Å². The van der Waals surface area contributed by atoms with E-state index in [9.17, 15) is 9.59 Å². The summed E-state index contributed by atoms with van der Waals surface area (Å²) >= 11 is 0.